The standard InChI is InChI=1S/C23H33N3O4/c1-18(27)25-12-11-24-14-20-9-10-22(29-3)23(13-20)30-17-21(28)16-26(2)15-19-7-5-4-6-8-19/h4-10,13,21,24,28H,11-12,14-17H2,1-3H3,(H,25,27)/t21-/m0/s1. The molecule has 30 heavy (non-hydrogen) atoms. The quantitative estimate of drug-likeness (QED) is 0.433. The fraction of sp³-hybridized carbons (Fsp3) is 0.435. The Hall–Kier alpha value is -2.61. The molecule has 0 aliphatic rings. The maximum Gasteiger partial charge on any atom is 0.216 e. The highest BCUT2D eigenvalue weighted by Gasteiger charge is 2.12. The van der Waals surface area contributed by atoms with Crippen molar-refractivity contribution in [1.82, 2.24) is 15.5 Å². The van der Waals surface area contributed by atoms with Crippen LogP contribution < -0.4 is 20.1 Å². The molecule has 2 aromatic carbocycles. The van der Waals surface area contributed by atoms with E-state index in [-0.39, 0.29) is 12.5 Å². The molecule has 7 nitrogen and oxygen atoms in total. The van der Waals surface area contributed by atoms with Crippen molar-refractivity contribution in [3.05, 3.63) is 59.7 Å². The van der Waals surface area contributed by atoms with Crippen LogP contribution in [-0.2, 0) is 17.9 Å². The first-order chi connectivity index (χ1) is 14.5. The van der Waals surface area contributed by atoms with Crippen LogP contribution in [0.1, 0.15) is 18.1 Å². The number of amides is 1. The molecule has 0 fully saturated rings. The Morgan fingerprint density at radius 1 is 1.10 bits per heavy atom. The van der Waals surface area contributed by atoms with Gasteiger partial charge in [-0.25, -0.2) is 0 Å². The van der Waals surface area contributed by atoms with E-state index in [0.29, 0.717) is 37.7 Å². The van der Waals surface area contributed by atoms with Crippen LogP contribution in [0.25, 0.3) is 0 Å². The van der Waals surface area contributed by atoms with Gasteiger partial charge < -0.3 is 25.2 Å². The van der Waals surface area contributed by atoms with Crippen LogP contribution in [0.2, 0.25) is 0 Å². The molecule has 0 bridgehead atoms. The van der Waals surface area contributed by atoms with Crippen LogP contribution in [0.15, 0.2) is 48.5 Å². The summed E-state index contributed by atoms with van der Waals surface area (Å²) in [6.45, 7) is 4.84. The maximum atomic E-state index is 10.9. The van der Waals surface area contributed by atoms with E-state index in [1.54, 1.807) is 7.11 Å². The van der Waals surface area contributed by atoms with Crippen molar-refractivity contribution < 1.29 is 19.4 Å². The number of likely N-dealkylation sites (N-methyl/N-ethyl adjacent to an activating group) is 1. The molecule has 1 amide bonds. The zero-order valence-electron chi connectivity index (χ0n) is 18.1. The zero-order valence-corrected chi connectivity index (χ0v) is 18.1. The summed E-state index contributed by atoms with van der Waals surface area (Å²) in [5.74, 6) is 1.19. The molecule has 1 atom stereocenters. The Morgan fingerprint density at radius 3 is 2.57 bits per heavy atom. The smallest absolute Gasteiger partial charge is 0.216 e. The fourth-order valence-electron chi connectivity index (χ4n) is 3.06. The largest absolute Gasteiger partial charge is 0.493 e. The van der Waals surface area contributed by atoms with E-state index in [2.05, 4.69) is 27.7 Å². The average molecular weight is 416 g/mol. The van der Waals surface area contributed by atoms with Crippen molar-refractivity contribution in [1.29, 1.82) is 0 Å². The second-order valence-corrected chi connectivity index (χ2v) is 7.29. The van der Waals surface area contributed by atoms with Gasteiger partial charge in [-0.3, -0.25) is 9.69 Å². The molecule has 0 saturated heterocycles. The van der Waals surface area contributed by atoms with Crippen molar-refractivity contribution in [2.24, 2.45) is 0 Å². The zero-order chi connectivity index (χ0) is 21.8. The number of carbonyl (C=O) groups is 1. The molecule has 0 saturated carbocycles. The number of benzene rings is 2. The van der Waals surface area contributed by atoms with E-state index in [1.165, 1.54) is 12.5 Å². The Morgan fingerprint density at radius 2 is 1.87 bits per heavy atom. The van der Waals surface area contributed by atoms with E-state index < -0.39 is 6.10 Å². The molecule has 0 spiro atoms. The van der Waals surface area contributed by atoms with Gasteiger partial charge in [0.1, 0.15) is 12.7 Å². The van der Waals surface area contributed by atoms with E-state index in [4.69, 9.17) is 9.47 Å². The van der Waals surface area contributed by atoms with Gasteiger partial charge in [-0.15, -0.1) is 0 Å². The third-order valence-corrected chi connectivity index (χ3v) is 4.48. The Kier molecular flexibility index (Phi) is 10.1. The van der Waals surface area contributed by atoms with Crippen LogP contribution in [-0.4, -0.2) is 62.4 Å². The van der Waals surface area contributed by atoms with Crippen molar-refractivity contribution in [2.75, 3.05) is 40.4 Å². The molecule has 2 rings (SSSR count). The maximum absolute atomic E-state index is 10.9. The highest BCUT2D eigenvalue weighted by atomic mass is 16.5. The second-order valence-electron chi connectivity index (χ2n) is 7.29. The summed E-state index contributed by atoms with van der Waals surface area (Å²) in [5, 5.41) is 16.4. The van der Waals surface area contributed by atoms with Crippen molar-refractivity contribution >= 4 is 5.91 Å². The molecule has 3 N–H and O–H groups in total. The molecule has 0 aromatic heterocycles. The van der Waals surface area contributed by atoms with Crippen molar-refractivity contribution in [3.63, 3.8) is 0 Å². The van der Waals surface area contributed by atoms with Crippen LogP contribution in [0.5, 0.6) is 11.5 Å². The minimum atomic E-state index is -0.622. The van der Waals surface area contributed by atoms with Crippen LogP contribution in [0.4, 0.5) is 0 Å². The molecular formula is C23H33N3O4. The van der Waals surface area contributed by atoms with Gasteiger partial charge in [0.2, 0.25) is 5.91 Å². The molecule has 7 heteroatoms. The fourth-order valence-corrected chi connectivity index (χ4v) is 3.06. The van der Waals surface area contributed by atoms with Crippen LogP contribution >= 0.6 is 0 Å². The average Bonchev–Trinajstić information content (AvgIpc) is 2.72. The first-order valence-electron chi connectivity index (χ1n) is 10.1. The molecule has 0 aliphatic heterocycles. The van der Waals surface area contributed by atoms with Gasteiger partial charge in [-0.2, -0.15) is 0 Å². The molecule has 0 aliphatic carbocycles. The van der Waals surface area contributed by atoms with Gasteiger partial charge in [-0.05, 0) is 30.3 Å². The predicted molar refractivity (Wildman–Crippen MR) is 118 cm³/mol. The third-order valence-electron chi connectivity index (χ3n) is 4.48. The summed E-state index contributed by atoms with van der Waals surface area (Å²) in [4.78, 5) is 13.0. The number of hydrogen-bond donors (Lipinski definition) is 3. The topological polar surface area (TPSA) is 83.1 Å². The summed E-state index contributed by atoms with van der Waals surface area (Å²) in [6.07, 6.45) is -0.622. The first-order valence-corrected chi connectivity index (χ1v) is 10.1. The number of nitrogens with zero attached hydrogens (tertiary/aromatic N) is 1. The van der Waals surface area contributed by atoms with Gasteiger partial charge in [0, 0.05) is 39.6 Å². The number of aliphatic hydroxyl groups is 1. The minimum Gasteiger partial charge on any atom is -0.493 e. The Labute approximate surface area is 179 Å². The third kappa shape index (κ3) is 8.82. The summed E-state index contributed by atoms with van der Waals surface area (Å²) in [6, 6.07) is 15.9. The number of aliphatic hydroxyl groups excluding tert-OH is 1. The van der Waals surface area contributed by atoms with Gasteiger partial charge in [0.05, 0.1) is 7.11 Å². The lowest BCUT2D eigenvalue weighted by Crippen LogP contribution is -2.32. The lowest BCUT2D eigenvalue weighted by molar-refractivity contribution is -0.118. The van der Waals surface area contributed by atoms with Gasteiger partial charge in [0.15, 0.2) is 11.5 Å². The van der Waals surface area contributed by atoms with Gasteiger partial charge >= 0.3 is 0 Å². The Bertz CT molecular complexity index is 770. The normalized spacial score (nSPS) is 11.9. The van der Waals surface area contributed by atoms with Crippen molar-refractivity contribution in [3.8, 4) is 11.5 Å². The van der Waals surface area contributed by atoms with Crippen molar-refractivity contribution in [2.45, 2.75) is 26.1 Å². The van der Waals surface area contributed by atoms with Gasteiger partial charge in [-0.1, -0.05) is 36.4 Å². The molecule has 164 valence electrons. The summed E-state index contributed by atoms with van der Waals surface area (Å²) in [5.41, 5.74) is 2.23. The van der Waals surface area contributed by atoms with E-state index in [9.17, 15) is 9.90 Å². The number of nitrogens with one attached hydrogen (secondary N) is 2. The minimum absolute atomic E-state index is 0.0371. The van der Waals surface area contributed by atoms with Crippen LogP contribution in [0.3, 0.4) is 0 Å². The molecular weight excluding hydrogens is 382 g/mol. The summed E-state index contributed by atoms with van der Waals surface area (Å²) < 4.78 is 11.2. The van der Waals surface area contributed by atoms with E-state index in [0.717, 1.165) is 12.1 Å². The number of ether oxygens (including phenoxy) is 2. The monoisotopic (exact) mass is 415 g/mol. The highest BCUT2D eigenvalue weighted by molar-refractivity contribution is 5.72. The lowest BCUT2D eigenvalue weighted by atomic mass is 10.2. The number of rotatable bonds is 13. The SMILES string of the molecule is COc1ccc(CNCCNC(C)=O)cc1OC[C@@H](O)CN(C)Cc1ccccc1. The number of methoxy groups -OCH3 is 1. The molecule has 0 unspecified atom stereocenters. The Balaban J connectivity index is 1.81. The van der Waals surface area contributed by atoms with Gasteiger partial charge in [0.25, 0.3) is 0 Å². The molecule has 2 aromatic rings. The second kappa shape index (κ2) is 12.8. The predicted octanol–water partition coefficient (Wildman–Crippen LogP) is 1.79. The summed E-state index contributed by atoms with van der Waals surface area (Å²) in [7, 11) is 3.57. The first kappa shape index (κ1) is 23.7. The van der Waals surface area contributed by atoms with E-state index in [1.807, 2.05) is 43.4 Å². The van der Waals surface area contributed by atoms with Crippen LogP contribution in [0, 0.1) is 0 Å². The van der Waals surface area contributed by atoms with E-state index >= 15 is 0 Å². The number of carbonyl (C=O) groups excluding carboxylic acids is 1. The summed E-state index contributed by atoms with van der Waals surface area (Å²) >= 11 is 0. The number of hydrogen-bond acceptors (Lipinski definition) is 6. The lowest BCUT2D eigenvalue weighted by Gasteiger charge is -2.21. The highest BCUT2D eigenvalue weighted by Crippen LogP contribution is 2.28. The molecule has 0 heterocycles. The molecule has 0 radical (unpaired) electrons.